The number of likely N-dealkylation sites (tertiary alicyclic amines) is 1. The van der Waals surface area contributed by atoms with Crippen LogP contribution in [0.15, 0.2) is 61.4 Å². The first-order valence-corrected chi connectivity index (χ1v) is 9.35. The first-order valence-electron chi connectivity index (χ1n) is 9.35. The monoisotopic (exact) mass is 389 g/mol. The fraction of sp³-hybridized carbons (Fsp3) is 0.273. The van der Waals surface area contributed by atoms with Crippen LogP contribution in [0.3, 0.4) is 0 Å². The van der Waals surface area contributed by atoms with Crippen molar-refractivity contribution < 1.29 is 9.59 Å². The van der Waals surface area contributed by atoms with Crippen LogP contribution in [0.25, 0.3) is 0 Å². The van der Waals surface area contributed by atoms with E-state index in [0.29, 0.717) is 35.7 Å². The summed E-state index contributed by atoms with van der Waals surface area (Å²) in [5.74, 6) is -0.851. The standard InChI is InChI=1S/C22H23N5O2/c1-4-7-15(5-2)18-19-17(9-10-25-20(19)24)27(22(18)29)16-8-6-11-26(13-16)21(28)14(3)12-23/h4-5,7,9-10,16,18H,1-3,6,8,11,13H2,(H2,24,25)/b15-7+/t16-,18?/m1/s1. The summed E-state index contributed by atoms with van der Waals surface area (Å²) < 4.78 is 0. The molecule has 0 radical (unpaired) electrons. The fourth-order valence-electron chi connectivity index (χ4n) is 4.06. The number of piperidine rings is 1. The number of rotatable bonds is 5. The fourth-order valence-corrected chi connectivity index (χ4v) is 4.06. The van der Waals surface area contributed by atoms with Gasteiger partial charge in [-0.1, -0.05) is 38.0 Å². The summed E-state index contributed by atoms with van der Waals surface area (Å²) in [5.41, 5.74) is 8.08. The van der Waals surface area contributed by atoms with E-state index in [2.05, 4.69) is 24.7 Å². The lowest BCUT2D eigenvalue weighted by molar-refractivity contribution is -0.128. The zero-order chi connectivity index (χ0) is 21.1. The van der Waals surface area contributed by atoms with Crippen molar-refractivity contribution in [1.29, 1.82) is 5.26 Å². The molecule has 0 aliphatic carbocycles. The molecule has 3 rings (SSSR count). The molecule has 0 bridgehead atoms. The van der Waals surface area contributed by atoms with Gasteiger partial charge in [-0.2, -0.15) is 5.26 Å². The third kappa shape index (κ3) is 3.45. The Bertz CT molecular complexity index is 972. The molecule has 7 heteroatoms. The van der Waals surface area contributed by atoms with Crippen molar-refractivity contribution in [3.05, 3.63) is 66.9 Å². The lowest BCUT2D eigenvalue weighted by Crippen LogP contribution is -2.51. The summed E-state index contributed by atoms with van der Waals surface area (Å²) in [7, 11) is 0. The average molecular weight is 389 g/mol. The molecule has 7 nitrogen and oxygen atoms in total. The second-order valence-corrected chi connectivity index (χ2v) is 7.01. The third-order valence-electron chi connectivity index (χ3n) is 5.35. The van der Waals surface area contributed by atoms with E-state index in [1.807, 2.05) is 0 Å². The highest BCUT2D eigenvalue weighted by atomic mass is 16.2. The number of nitrogens with zero attached hydrogens (tertiary/aromatic N) is 4. The summed E-state index contributed by atoms with van der Waals surface area (Å²) in [6, 6.07) is 3.34. The predicted molar refractivity (Wildman–Crippen MR) is 112 cm³/mol. The van der Waals surface area contributed by atoms with Crippen molar-refractivity contribution in [3.63, 3.8) is 0 Å². The first-order chi connectivity index (χ1) is 13.9. The molecule has 2 N–H and O–H groups in total. The zero-order valence-electron chi connectivity index (χ0n) is 16.2. The lowest BCUT2D eigenvalue weighted by atomic mass is 9.92. The molecule has 3 heterocycles. The number of fused-ring (bicyclic) bond motifs is 1. The van der Waals surface area contributed by atoms with E-state index in [1.165, 1.54) is 0 Å². The van der Waals surface area contributed by atoms with Crippen molar-refractivity contribution in [2.75, 3.05) is 23.7 Å². The van der Waals surface area contributed by atoms with Crippen LogP contribution in [-0.2, 0) is 9.59 Å². The molecule has 1 aromatic rings. The highest BCUT2D eigenvalue weighted by Crippen LogP contribution is 2.45. The topological polar surface area (TPSA) is 103 Å². The Labute approximate surface area is 170 Å². The van der Waals surface area contributed by atoms with Gasteiger partial charge in [-0.3, -0.25) is 9.59 Å². The van der Waals surface area contributed by atoms with Gasteiger partial charge in [-0.25, -0.2) is 4.98 Å². The molecule has 2 atom stereocenters. The largest absolute Gasteiger partial charge is 0.383 e. The molecular formula is C22H23N5O2. The van der Waals surface area contributed by atoms with E-state index in [4.69, 9.17) is 11.0 Å². The Kier molecular flexibility index (Phi) is 5.64. The van der Waals surface area contributed by atoms with Gasteiger partial charge >= 0.3 is 0 Å². The maximum atomic E-state index is 13.5. The molecule has 2 aliphatic rings. The van der Waals surface area contributed by atoms with Crippen LogP contribution in [0.2, 0.25) is 0 Å². The van der Waals surface area contributed by atoms with E-state index in [1.54, 1.807) is 46.4 Å². The number of allylic oxidation sites excluding steroid dienone is 3. The van der Waals surface area contributed by atoms with Crippen molar-refractivity contribution >= 4 is 23.3 Å². The minimum atomic E-state index is -0.616. The Morgan fingerprint density at radius 2 is 2.17 bits per heavy atom. The van der Waals surface area contributed by atoms with Crippen molar-refractivity contribution in [1.82, 2.24) is 9.88 Å². The number of nitrogens with two attached hydrogens (primary N) is 1. The summed E-state index contributed by atoms with van der Waals surface area (Å²) in [5, 5.41) is 8.98. The second kappa shape index (κ2) is 8.15. The van der Waals surface area contributed by atoms with Crippen LogP contribution in [0, 0.1) is 11.3 Å². The Hall–Kier alpha value is -3.66. The highest BCUT2D eigenvalue weighted by Gasteiger charge is 2.44. The lowest BCUT2D eigenvalue weighted by Gasteiger charge is -2.38. The normalized spacial score (nSPS) is 21.3. The van der Waals surface area contributed by atoms with Crippen molar-refractivity contribution in [2.24, 2.45) is 0 Å². The third-order valence-corrected chi connectivity index (χ3v) is 5.35. The molecule has 1 fully saturated rings. The van der Waals surface area contributed by atoms with Crippen LogP contribution in [0.1, 0.15) is 24.3 Å². The number of anilines is 2. The number of pyridine rings is 1. The van der Waals surface area contributed by atoms with Gasteiger partial charge in [0.25, 0.3) is 5.91 Å². The number of amides is 2. The van der Waals surface area contributed by atoms with Crippen molar-refractivity contribution in [3.8, 4) is 6.07 Å². The summed E-state index contributed by atoms with van der Waals surface area (Å²) in [6.07, 6.45) is 7.99. The van der Waals surface area contributed by atoms with Crippen molar-refractivity contribution in [2.45, 2.75) is 24.8 Å². The minimum absolute atomic E-state index is 0.104. The minimum Gasteiger partial charge on any atom is -0.383 e. The molecule has 0 aromatic carbocycles. The molecule has 0 saturated carbocycles. The quantitative estimate of drug-likeness (QED) is 0.473. The maximum absolute atomic E-state index is 13.5. The zero-order valence-corrected chi connectivity index (χ0v) is 16.2. The predicted octanol–water partition coefficient (Wildman–Crippen LogP) is 2.46. The molecule has 1 aromatic heterocycles. The number of nitriles is 1. The van der Waals surface area contributed by atoms with E-state index in [-0.39, 0.29) is 17.5 Å². The molecule has 0 spiro atoms. The maximum Gasteiger partial charge on any atom is 0.263 e. The molecular weight excluding hydrogens is 366 g/mol. The number of hydrogen-bond acceptors (Lipinski definition) is 5. The van der Waals surface area contributed by atoms with Gasteiger partial charge in [0, 0.05) is 24.8 Å². The SMILES string of the molecule is C=C/C=C(\C=C)C1C(=O)N([C@@H]2CCCN(C(=O)C(=C)C#N)C2)c2ccnc(N)c21. The van der Waals surface area contributed by atoms with Crippen LogP contribution in [-0.4, -0.2) is 40.8 Å². The van der Waals surface area contributed by atoms with Gasteiger partial charge in [0.05, 0.1) is 17.6 Å². The van der Waals surface area contributed by atoms with E-state index in [0.717, 1.165) is 12.8 Å². The first kappa shape index (κ1) is 20.1. The number of nitrogen functional groups attached to an aromatic ring is 1. The molecule has 2 aliphatic heterocycles. The summed E-state index contributed by atoms with van der Waals surface area (Å²) in [6.45, 7) is 11.9. The van der Waals surface area contributed by atoms with E-state index < -0.39 is 11.8 Å². The molecule has 148 valence electrons. The van der Waals surface area contributed by atoms with Crippen LogP contribution in [0.4, 0.5) is 11.5 Å². The second-order valence-electron chi connectivity index (χ2n) is 7.01. The molecule has 29 heavy (non-hydrogen) atoms. The van der Waals surface area contributed by atoms with Gasteiger partial charge in [-0.05, 0) is 24.5 Å². The average Bonchev–Trinajstić information content (AvgIpc) is 3.04. The smallest absolute Gasteiger partial charge is 0.263 e. The number of hydrogen-bond donors (Lipinski definition) is 1. The Morgan fingerprint density at radius 1 is 1.41 bits per heavy atom. The number of aromatic nitrogens is 1. The number of carbonyl (C=O) groups is 2. The molecule has 2 amide bonds. The Morgan fingerprint density at radius 3 is 2.83 bits per heavy atom. The van der Waals surface area contributed by atoms with Crippen LogP contribution < -0.4 is 10.6 Å². The molecule has 1 unspecified atom stereocenters. The summed E-state index contributed by atoms with van der Waals surface area (Å²) >= 11 is 0. The van der Waals surface area contributed by atoms with Gasteiger partial charge in [0.2, 0.25) is 5.91 Å². The van der Waals surface area contributed by atoms with E-state index >= 15 is 0 Å². The highest BCUT2D eigenvalue weighted by molar-refractivity contribution is 6.09. The summed E-state index contributed by atoms with van der Waals surface area (Å²) in [4.78, 5) is 33.4. The Balaban J connectivity index is 2.00. The number of carbonyl (C=O) groups excluding carboxylic acids is 2. The molecule has 1 saturated heterocycles. The van der Waals surface area contributed by atoms with Gasteiger partial charge < -0.3 is 15.5 Å². The van der Waals surface area contributed by atoms with Crippen LogP contribution in [0.5, 0.6) is 0 Å². The van der Waals surface area contributed by atoms with Gasteiger partial charge in [0.15, 0.2) is 0 Å². The van der Waals surface area contributed by atoms with Gasteiger partial charge in [0.1, 0.15) is 17.5 Å². The van der Waals surface area contributed by atoms with E-state index in [9.17, 15) is 9.59 Å². The van der Waals surface area contributed by atoms with Gasteiger partial charge in [-0.15, -0.1) is 0 Å². The van der Waals surface area contributed by atoms with Crippen LogP contribution >= 0.6 is 0 Å².